The number of aromatic nitrogens is 5. The lowest BCUT2D eigenvalue weighted by atomic mass is 10.2. The Hall–Kier alpha value is -3.28. The Morgan fingerprint density at radius 2 is 2.08 bits per heavy atom. The van der Waals surface area contributed by atoms with Gasteiger partial charge in [-0.25, -0.2) is 4.98 Å². The van der Waals surface area contributed by atoms with Crippen LogP contribution in [0.2, 0.25) is 0 Å². The third-order valence-corrected chi connectivity index (χ3v) is 7.64. The fourth-order valence-corrected chi connectivity index (χ4v) is 5.52. The molecule has 188 valence electrons. The lowest BCUT2D eigenvalue weighted by molar-refractivity contribution is 0.0664. The number of carbonyl (C=O) groups excluding carboxylic acids is 1. The molecule has 0 radical (unpaired) electrons. The van der Waals surface area contributed by atoms with Crippen LogP contribution in [0, 0.1) is 0 Å². The lowest BCUT2D eigenvalue weighted by Crippen LogP contribution is -2.47. The maximum Gasteiger partial charge on any atom is 0.254 e. The number of amides is 1. The molecule has 4 aromatic rings. The smallest absolute Gasteiger partial charge is 0.254 e. The van der Waals surface area contributed by atoms with Crippen LogP contribution in [0.15, 0.2) is 36.1 Å². The predicted octanol–water partition coefficient (Wildman–Crippen LogP) is 2.36. The number of likely N-dealkylation sites (N-methyl/N-ethyl adjacent to an activating group) is 1. The van der Waals surface area contributed by atoms with Gasteiger partial charge in [0.1, 0.15) is 17.4 Å². The summed E-state index contributed by atoms with van der Waals surface area (Å²) in [7, 11) is 3.98. The molecule has 4 aromatic heterocycles. The average molecular weight is 508 g/mol. The van der Waals surface area contributed by atoms with Crippen molar-refractivity contribution in [1.82, 2.24) is 34.1 Å². The summed E-state index contributed by atoms with van der Waals surface area (Å²) in [6.07, 6.45) is 7.04. The van der Waals surface area contributed by atoms with Gasteiger partial charge in [0.15, 0.2) is 0 Å². The highest BCUT2D eigenvalue weighted by Crippen LogP contribution is 2.30. The van der Waals surface area contributed by atoms with Gasteiger partial charge < -0.3 is 23.8 Å². The first-order valence-corrected chi connectivity index (χ1v) is 13.1. The van der Waals surface area contributed by atoms with E-state index in [1.807, 2.05) is 46.4 Å². The topological polar surface area (TPSA) is 90.5 Å². The molecule has 11 heteroatoms. The fraction of sp³-hybridized carbons (Fsp3) is 0.440. The number of fused-ring (bicyclic) bond motifs is 1. The molecule has 36 heavy (non-hydrogen) atoms. The van der Waals surface area contributed by atoms with Gasteiger partial charge in [0.2, 0.25) is 5.88 Å². The van der Waals surface area contributed by atoms with Gasteiger partial charge in [-0.1, -0.05) is 0 Å². The quantitative estimate of drug-likeness (QED) is 0.396. The Morgan fingerprint density at radius 3 is 2.83 bits per heavy atom. The molecule has 0 spiro atoms. The summed E-state index contributed by atoms with van der Waals surface area (Å²) in [5.41, 5.74) is 3.28. The van der Waals surface area contributed by atoms with E-state index in [-0.39, 0.29) is 12.0 Å². The predicted molar refractivity (Wildman–Crippen MR) is 136 cm³/mol. The molecular formula is C25H29N7O3S. The first kappa shape index (κ1) is 23.1. The molecule has 1 atom stereocenters. The summed E-state index contributed by atoms with van der Waals surface area (Å²) in [4.78, 5) is 27.9. The number of carbonyl (C=O) groups is 1. The van der Waals surface area contributed by atoms with Crippen molar-refractivity contribution < 1.29 is 14.3 Å². The number of thiophene rings is 1. The second-order valence-electron chi connectivity index (χ2n) is 9.41. The number of aryl methyl sites for hydroxylation is 1. The van der Waals surface area contributed by atoms with Crippen LogP contribution in [0.3, 0.4) is 0 Å². The molecule has 2 aliphatic rings. The minimum Gasteiger partial charge on any atom is -0.470 e. The minimum atomic E-state index is -0.0391. The van der Waals surface area contributed by atoms with E-state index in [0.717, 1.165) is 59.8 Å². The molecule has 0 saturated carbocycles. The Labute approximate surface area is 213 Å². The van der Waals surface area contributed by atoms with Crippen molar-refractivity contribution >= 4 is 28.3 Å². The summed E-state index contributed by atoms with van der Waals surface area (Å²) >= 11 is 1.57. The van der Waals surface area contributed by atoms with Crippen LogP contribution in [0.5, 0.6) is 5.88 Å². The molecule has 6 rings (SSSR count). The Morgan fingerprint density at radius 1 is 1.22 bits per heavy atom. The van der Waals surface area contributed by atoms with E-state index in [9.17, 15) is 4.79 Å². The van der Waals surface area contributed by atoms with Crippen LogP contribution in [0.25, 0.3) is 16.7 Å². The first-order valence-electron chi connectivity index (χ1n) is 12.2. The molecule has 2 saturated heterocycles. The molecule has 1 amide bonds. The highest BCUT2D eigenvalue weighted by atomic mass is 32.1. The van der Waals surface area contributed by atoms with E-state index >= 15 is 0 Å². The first-order chi connectivity index (χ1) is 17.5. The Bertz CT molecular complexity index is 1380. The highest BCUT2D eigenvalue weighted by molar-refractivity contribution is 7.10. The van der Waals surface area contributed by atoms with Crippen molar-refractivity contribution in [3.63, 3.8) is 0 Å². The molecule has 0 bridgehead atoms. The van der Waals surface area contributed by atoms with Crippen LogP contribution in [-0.4, -0.2) is 92.6 Å². The van der Waals surface area contributed by atoms with E-state index in [2.05, 4.69) is 17.0 Å². The van der Waals surface area contributed by atoms with Gasteiger partial charge in [0.05, 0.1) is 36.2 Å². The van der Waals surface area contributed by atoms with Crippen molar-refractivity contribution in [2.24, 2.45) is 7.05 Å². The summed E-state index contributed by atoms with van der Waals surface area (Å²) in [5, 5.41) is 6.25. The van der Waals surface area contributed by atoms with E-state index in [0.29, 0.717) is 31.3 Å². The molecule has 10 nitrogen and oxygen atoms in total. The van der Waals surface area contributed by atoms with Crippen LogP contribution in [0.1, 0.15) is 27.5 Å². The van der Waals surface area contributed by atoms with Crippen molar-refractivity contribution in [1.29, 1.82) is 0 Å². The van der Waals surface area contributed by atoms with E-state index in [1.165, 1.54) is 0 Å². The number of nitrogens with zero attached hydrogens (tertiary/aromatic N) is 7. The van der Waals surface area contributed by atoms with Gasteiger partial charge >= 0.3 is 0 Å². The van der Waals surface area contributed by atoms with Crippen LogP contribution < -0.4 is 4.74 Å². The number of hydrogen-bond donors (Lipinski definition) is 0. The maximum absolute atomic E-state index is 13.0. The van der Waals surface area contributed by atoms with Crippen LogP contribution in [0.4, 0.5) is 0 Å². The molecule has 0 aromatic carbocycles. The van der Waals surface area contributed by atoms with E-state index < -0.39 is 0 Å². The van der Waals surface area contributed by atoms with Crippen molar-refractivity contribution in [2.75, 3.05) is 46.4 Å². The average Bonchev–Trinajstić information content (AvgIpc) is 3.67. The molecule has 0 N–H and O–H groups in total. The standard InChI is InChI=1S/C25H29N7O3S/c1-29-6-8-31(9-7-29)25(33)17-11-20(36-16-17)12-22-27-21-3-5-32(18-13-26-30(2)14-18)23(21)24(28-22)35-19-4-10-34-15-19/h3,5,11,13-14,16,19H,4,6-10,12,15H2,1-2H3/t19-/m0/s1. The minimum absolute atomic E-state index is 0.0391. The second kappa shape index (κ2) is 9.64. The van der Waals surface area contributed by atoms with Crippen molar-refractivity contribution in [3.05, 3.63) is 52.4 Å². The van der Waals surface area contributed by atoms with E-state index in [1.54, 1.807) is 22.2 Å². The SMILES string of the molecule is CN1CCN(C(=O)c2csc(Cc3nc(O[C@H]4CCOC4)c4c(ccn4-c4cnn(C)c4)n3)c2)CC1. The monoisotopic (exact) mass is 507 g/mol. The van der Waals surface area contributed by atoms with Crippen LogP contribution in [-0.2, 0) is 18.2 Å². The molecule has 0 aliphatic carbocycles. The van der Waals surface area contributed by atoms with Gasteiger partial charge in [0, 0.05) is 68.7 Å². The molecular weight excluding hydrogens is 478 g/mol. The fourth-order valence-electron chi connectivity index (χ4n) is 4.67. The number of piperazine rings is 1. The summed E-state index contributed by atoms with van der Waals surface area (Å²) < 4.78 is 15.6. The zero-order valence-corrected chi connectivity index (χ0v) is 21.3. The van der Waals surface area contributed by atoms with E-state index in [4.69, 9.17) is 19.4 Å². The van der Waals surface area contributed by atoms with Gasteiger partial charge in [0.25, 0.3) is 5.91 Å². The van der Waals surface area contributed by atoms with Gasteiger partial charge in [-0.05, 0) is 19.2 Å². The summed E-state index contributed by atoms with van der Waals surface area (Å²) in [6, 6.07) is 3.95. The number of hydrogen-bond acceptors (Lipinski definition) is 8. The second-order valence-corrected chi connectivity index (χ2v) is 10.4. The Balaban J connectivity index is 1.28. The highest BCUT2D eigenvalue weighted by Gasteiger charge is 2.24. The summed E-state index contributed by atoms with van der Waals surface area (Å²) in [5.74, 6) is 1.31. The van der Waals surface area contributed by atoms with Crippen LogP contribution >= 0.6 is 11.3 Å². The largest absolute Gasteiger partial charge is 0.470 e. The normalized spacial score (nSPS) is 18.8. The van der Waals surface area contributed by atoms with Crippen molar-refractivity contribution in [2.45, 2.75) is 18.9 Å². The third-order valence-electron chi connectivity index (χ3n) is 6.71. The van der Waals surface area contributed by atoms with Crippen molar-refractivity contribution in [3.8, 4) is 11.6 Å². The zero-order valence-electron chi connectivity index (χ0n) is 20.5. The maximum atomic E-state index is 13.0. The summed E-state index contributed by atoms with van der Waals surface area (Å²) in [6.45, 7) is 4.58. The molecule has 2 fully saturated rings. The molecule has 0 unspecified atom stereocenters. The number of ether oxygens (including phenoxy) is 2. The molecule has 6 heterocycles. The third kappa shape index (κ3) is 4.61. The van der Waals surface area contributed by atoms with Gasteiger partial charge in [-0.15, -0.1) is 11.3 Å². The van der Waals surface area contributed by atoms with Gasteiger partial charge in [-0.2, -0.15) is 10.1 Å². The van der Waals surface area contributed by atoms with Gasteiger partial charge in [-0.3, -0.25) is 9.48 Å². The zero-order chi connectivity index (χ0) is 24.6. The Kier molecular flexibility index (Phi) is 6.20. The number of rotatable bonds is 6. The molecule has 2 aliphatic heterocycles. The lowest BCUT2D eigenvalue weighted by Gasteiger charge is -2.32.